The predicted octanol–water partition coefficient (Wildman–Crippen LogP) is 2.86. The second-order valence-electron chi connectivity index (χ2n) is 6.09. The summed E-state index contributed by atoms with van der Waals surface area (Å²) in [6, 6.07) is 13.5. The first kappa shape index (κ1) is 17.8. The van der Waals surface area contributed by atoms with Crippen molar-refractivity contribution in [3.63, 3.8) is 0 Å². The average molecular weight is 353 g/mol. The fourth-order valence-electron chi connectivity index (χ4n) is 3.00. The van der Waals surface area contributed by atoms with Crippen LogP contribution in [-0.4, -0.2) is 37.4 Å². The van der Waals surface area contributed by atoms with Crippen LogP contribution in [0.1, 0.15) is 24.0 Å². The van der Waals surface area contributed by atoms with E-state index in [0.29, 0.717) is 43.0 Å². The highest BCUT2D eigenvalue weighted by atomic mass is 16.5. The van der Waals surface area contributed by atoms with Crippen LogP contribution < -0.4 is 15.2 Å². The number of nitrogens with zero attached hydrogens (tertiary/aromatic N) is 2. The van der Waals surface area contributed by atoms with Gasteiger partial charge in [0.05, 0.1) is 26.5 Å². The van der Waals surface area contributed by atoms with Crippen molar-refractivity contribution >= 4 is 17.3 Å². The van der Waals surface area contributed by atoms with E-state index in [2.05, 4.69) is 5.10 Å². The molecule has 26 heavy (non-hydrogen) atoms. The number of carbonyl (C=O) groups is 1. The predicted molar refractivity (Wildman–Crippen MR) is 102 cm³/mol. The average Bonchev–Trinajstić information content (AvgIpc) is 3.16. The molecule has 6 heteroatoms. The van der Waals surface area contributed by atoms with Crippen LogP contribution in [0.4, 0.5) is 5.69 Å². The summed E-state index contributed by atoms with van der Waals surface area (Å²) >= 11 is 0. The third-order valence-corrected chi connectivity index (χ3v) is 4.43. The van der Waals surface area contributed by atoms with Crippen molar-refractivity contribution in [2.45, 2.75) is 19.3 Å². The molecule has 1 aliphatic heterocycles. The summed E-state index contributed by atoms with van der Waals surface area (Å²) in [5.74, 6) is 1.18. The lowest BCUT2D eigenvalue weighted by Crippen LogP contribution is -2.23. The summed E-state index contributed by atoms with van der Waals surface area (Å²) in [5, 5.41) is 6.02. The number of hydrogen-bond acceptors (Lipinski definition) is 5. The molecule has 2 aromatic rings. The monoisotopic (exact) mass is 353 g/mol. The summed E-state index contributed by atoms with van der Waals surface area (Å²) in [5.41, 5.74) is 9.41. The Labute approximate surface area is 153 Å². The Morgan fingerprint density at radius 2 is 1.85 bits per heavy atom. The van der Waals surface area contributed by atoms with E-state index >= 15 is 0 Å². The van der Waals surface area contributed by atoms with Gasteiger partial charge in [0.15, 0.2) is 11.5 Å². The largest absolute Gasteiger partial charge is 0.493 e. The molecule has 0 spiro atoms. The van der Waals surface area contributed by atoms with Crippen LogP contribution in [0.15, 0.2) is 47.6 Å². The van der Waals surface area contributed by atoms with Crippen molar-refractivity contribution in [3.8, 4) is 11.5 Å². The van der Waals surface area contributed by atoms with Gasteiger partial charge in [0.1, 0.15) is 0 Å². The standard InChI is InChI=1S/C20H23N3O3/c1-25-18-12-15(16(21)13-19(18)26-2)17-10-11-23(22-17)20(24)9-8-14-6-4-3-5-7-14/h3-7,12-13H,8-11,21H2,1-2H3. The van der Waals surface area contributed by atoms with Gasteiger partial charge in [-0.2, -0.15) is 5.10 Å². The number of ether oxygens (including phenoxy) is 2. The molecule has 0 saturated heterocycles. The zero-order valence-corrected chi connectivity index (χ0v) is 15.1. The highest BCUT2D eigenvalue weighted by molar-refractivity contribution is 6.07. The number of methoxy groups -OCH3 is 2. The first-order valence-corrected chi connectivity index (χ1v) is 8.56. The molecule has 0 radical (unpaired) electrons. The third-order valence-electron chi connectivity index (χ3n) is 4.43. The van der Waals surface area contributed by atoms with Gasteiger partial charge in [0.2, 0.25) is 5.91 Å². The number of amides is 1. The number of nitrogens with two attached hydrogens (primary N) is 1. The molecule has 0 aliphatic carbocycles. The summed E-state index contributed by atoms with van der Waals surface area (Å²) < 4.78 is 10.6. The topological polar surface area (TPSA) is 77.2 Å². The molecule has 0 unspecified atom stereocenters. The molecule has 0 atom stereocenters. The van der Waals surface area contributed by atoms with Gasteiger partial charge in [-0.3, -0.25) is 4.79 Å². The molecule has 0 saturated carbocycles. The minimum Gasteiger partial charge on any atom is -0.493 e. The Hall–Kier alpha value is -3.02. The smallest absolute Gasteiger partial charge is 0.243 e. The molecule has 136 valence electrons. The number of carbonyl (C=O) groups excluding carboxylic acids is 1. The van der Waals surface area contributed by atoms with E-state index in [1.54, 1.807) is 20.3 Å². The van der Waals surface area contributed by atoms with Crippen molar-refractivity contribution in [2.75, 3.05) is 26.5 Å². The minimum absolute atomic E-state index is 0.0166. The molecular formula is C20H23N3O3. The Balaban J connectivity index is 1.72. The third kappa shape index (κ3) is 3.79. The molecule has 2 N–H and O–H groups in total. The van der Waals surface area contributed by atoms with Gasteiger partial charge < -0.3 is 15.2 Å². The molecule has 0 aromatic heterocycles. The number of nitrogen functional groups attached to an aromatic ring is 1. The van der Waals surface area contributed by atoms with E-state index < -0.39 is 0 Å². The van der Waals surface area contributed by atoms with Crippen molar-refractivity contribution < 1.29 is 14.3 Å². The maximum atomic E-state index is 12.4. The van der Waals surface area contributed by atoms with Gasteiger partial charge in [-0.1, -0.05) is 30.3 Å². The summed E-state index contributed by atoms with van der Waals surface area (Å²) in [4.78, 5) is 12.4. The molecule has 1 amide bonds. The van der Waals surface area contributed by atoms with E-state index in [0.717, 1.165) is 16.8 Å². The number of rotatable bonds is 6. The quantitative estimate of drug-likeness (QED) is 0.810. The molecule has 0 bridgehead atoms. The van der Waals surface area contributed by atoms with Crippen molar-refractivity contribution in [2.24, 2.45) is 5.10 Å². The minimum atomic E-state index is 0.0166. The maximum absolute atomic E-state index is 12.4. The van der Waals surface area contributed by atoms with Gasteiger partial charge in [-0.25, -0.2) is 5.01 Å². The molecule has 0 fully saturated rings. The fraction of sp³-hybridized carbons (Fsp3) is 0.300. The highest BCUT2D eigenvalue weighted by Gasteiger charge is 2.23. The number of anilines is 1. The van der Waals surface area contributed by atoms with Crippen LogP contribution in [0.3, 0.4) is 0 Å². The Kier molecular flexibility index (Phi) is 5.41. The number of aryl methyl sites for hydroxylation is 1. The van der Waals surface area contributed by atoms with Gasteiger partial charge in [-0.05, 0) is 18.1 Å². The van der Waals surface area contributed by atoms with Crippen LogP contribution in [0.5, 0.6) is 11.5 Å². The van der Waals surface area contributed by atoms with Gasteiger partial charge in [0, 0.05) is 30.2 Å². The van der Waals surface area contributed by atoms with Crippen molar-refractivity contribution in [1.82, 2.24) is 5.01 Å². The highest BCUT2D eigenvalue weighted by Crippen LogP contribution is 2.33. The van der Waals surface area contributed by atoms with E-state index in [4.69, 9.17) is 15.2 Å². The molecule has 1 aliphatic rings. The van der Waals surface area contributed by atoms with E-state index in [9.17, 15) is 4.79 Å². The lowest BCUT2D eigenvalue weighted by Gasteiger charge is -2.12. The molecular weight excluding hydrogens is 330 g/mol. The van der Waals surface area contributed by atoms with Crippen molar-refractivity contribution in [3.05, 3.63) is 53.6 Å². The van der Waals surface area contributed by atoms with Crippen molar-refractivity contribution in [1.29, 1.82) is 0 Å². The van der Waals surface area contributed by atoms with Crippen LogP contribution in [0.2, 0.25) is 0 Å². The fourth-order valence-corrected chi connectivity index (χ4v) is 3.00. The summed E-state index contributed by atoms with van der Waals surface area (Å²) in [6.07, 6.45) is 1.80. The van der Waals surface area contributed by atoms with Gasteiger partial charge in [0.25, 0.3) is 0 Å². The summed E-state index contributed by atoms with van der Waals surface area (Å²) in [6.45, 7) is 0.566. The number of hydrogen-bond donors (Lipinski definition) is 1. The zero-order chi connectivity index (χ0) is 18.5. The second-order valence-corrected chi connectivity index (χ2v) is 6.09. The first-order valence-electron chi connectivity index (χ1n) is 8.56. The van der Waals surface area contributed by atoms with Crippen LogP contribution in [0.25, 0.3) is 0 Å². The Bertz CT molecular complexity index is 819. The second kappa shape index (κ2) is 7.91. The summed E-state index contributed by atoms with van der Waals surface area (Å²) in [7, 11) is 3.14. The molecule has 2 aromatic carbocycles. The molecule has 1 heterocycles. The van der Waals surface area contributed by atoms with E-state index in [1.165, 1.54) is 5.01 Å². The zero-order valence-electron chi connectivity index (χ0n) is 15.1. The van der Waals surface area contributed by atoms with E-state index in [1.807, 2.05) is 36.4 Å². The first-order chi connectivity index (χ1) is 12.6. The normalized spacial score (nSPS) is 13.5. The van der Waals surface area contributed by atoms with Crippen LogP contribution >= 0.6 is 0 Å². The lowest BCUT2D eigenvalue weighted by molar-refractivity contribution is -0.130. The van der Waals surface area contributed by atoms with Crippen LogP contribution in [-0.2, 0) is 11.2 Å². The maximum Gasteiger partial charge on any atom is 0.243 e. The number of hydrazone groups is 1. The number of benzene rings is 2. The lowest BCUT2D eigenvalue weighted by atomic mass is 10.0. The molecule has 6 nitrogen and oxygen atoms in total. The van der Waals surface area contributed by atoms with Gasteiger partial charge in [-0.15, -0.1) is 0 Å². The Morgan fingerprint density at radius 3 is 2.54 bits per heavy atom. The SMILES string of the molecule is COc1cc(N)c(C2=NN(C(=O)CCc3ccccc3)CC2)cc1OC. The van der Waals surface area contributed by atoms with Crippen LogP contribution in [0, 0.1) is 0 Å². The molecule has 3 rings (SSSR count). The van der Waals surface area contributed by atoms with E-state index in [-0.39, 0.29) is 5.91 Å². The Morgan fingerprint density at radius 1 is 1.15 bits per heavy atom. The van der Waals surface area contributed by atoms with Gasteiger partial charge >= 0.3 is 0 Å².